The van der Waals surface area contributed by atoms with Gasteiger partial charge in [0.15, 0.2) is 11.5 Å². The topological polar surface area (TPSA) is 38.7 Å². The van der Waals surface area contributed by atoms with Crippen LogP contribution in [-0.2, 0) is 0 Å². The van der Waals surface area contributed by atoms with Crippen molar-refractivity contribution in [1.29, 1.82) is 0 Å². The van der Waals surface area contributed by atoms with Crippen molar-refractivity contribution in [2.24, 2.45) is 0 Å². The molecule has 0 fully saturated rings. The molecule has 1 aromatic heterocycles. The minimum atomic E-state index is -0.598. The molecular formula is C14H14O3S. The summed E-state index contributed by atoms with van der Waals surface area (Å²) in [4.78, 5) is 2.14. The van der Waals surface area contributed by atoms with E-state index in [-0.39, 0.29) is 0 Å². The zero-order chi connectivity index (χ0) is 12.5. The summed E-state index contributed by atoms with van der Waals surface area (Å²) in [7, 11) is 0. The van der Waals surface area contributed by atoms with Gasteiger partial charge in [-0.1, -0.05) is 6.07 Å². The van der Waals surface area contributed by atoms with Crippen LogP contribution in [0.5, 0.6) is 11.5 Å². The lowest BCUT2D eigenvalue weighted by Crippen LogP contribution is -2.15. The highest BCUT2D eigenvalue weighted by Crippen LogP contribution is 2.35. The molecule has 0 spiro atoms. The van der Waals surface area contributed by atoms with E-state index in [9.17, 15) is 5.11 Å². The largest absolute Gasteiger partial charge is 0.486 e. The van der Waals surface area contributed by atoms with Crippen LogP contribution in [-0.4, -0.2) is 18.3 Å². The number of ether oxygens (including phenoxy) is 2. The average Bonchev–Trinajstić information content (AvgIpc) is 2.84. The third-order valence-corrected chi connectivity index (χ3v) is 3.97. The monoisotopic (exact) mass is 262 g/mol. The standard InChI is InChI=1S/C14H14O3S/c1-9-2-5-13(18-9)14(15)10-3-4-11-12(8-10)17-7-6-16-11/h2-5,8,14-15H,6-7H2,1H3/t14-/m0/s1. The summed E-state index contributed by atoms with van der Waals surface area (Å²) in [6, 6.07) is 9.57. The van der Waals surface area contributed by atoms with Crippen molar-refractivity contribution < 1.29 is 14.6 Å². The van der Waals surface area contributed by atoms with Crippen molar-refractivity contribution in [2.45, 2.75) is 13.0 Å². The van der Waals surface area contributed by atoms with Gasteiger partial charge in [0.1, 0.15) is 19.3 Å². The van der Waals surface area contributed by atoms with Crippen LogP contribution < -0.4 is 9.47 Å². The summed E-state index contributed by atoms with van der Waals surface area (Å²) in [6.07, 6.45) is -0.598. The first-order valence-corrected chi connectivity index (χ1v) is 6.69. The Balaban J connectivity index is 1.92. The van der Waals surface area contributed by atoms with Crippen molar-refractivity contribution in [1.82, 2.24) is 0 Å². The van der Waals surface area contributed by atoms with Crippen LogP contribution in [0.15, 0.2) is 30.3 Å². The lowest BCUT2D eigenvalue weighted by Gasteiger charge is -2.20. The maximum atomic E-state index is 10.3. The lowest BCUT2D eigenvalue weighted by atomic mass is 10.1. The maximum Gasteiger partial charge on any atom is 0.161 e. The SMILES string of the molecule is Cc1ccc([C@@H](O)c2ccc3c(c2)OCCO3)s1. The zero-order valence-corrected chi connectivity index (χ0v) is 10.9. The number of hydrogen-bond donors (Lipinski definition) is 1. The van der Waals surface area contributed by atoms with E-state index in [1.807, 2.05) is 37.3 Å². The second-order valence-electron chi connectivity index (χ2n) is 4.25. The molecule has 0 aliphatic carbocycles. The quantitative estimate of drug-likeness (QED) is 0.904. The van der Waals surface area contributed by atoms with Crippen LogP contribution in [0.25, 0.3) is 0 Å². The van der Waals surface area contributed by atoms with Crippen LogP contribution in [0, 0.1) is 6.92 Å². The van der Waals surface area contributed by atoms with E-state index < -0.39 is 6.10 Å². The maximum absolute atomic E-state index is 10.3. The second-order valence-corrected chi connectivity index (χ2v) is 5.57. The first kappa shape index (κ1) is 11.6. The lowest BCUT2D eigenvalue weighted by molar-refractivity contribution is 0.170. The van der Waals surface area contributed by atoms with E-state index in [0.717, 1.165) is 16.2 Å². The van der Waals surface area contributed by atoms with Gasteiger partial charge in [-0.05, 0) is 36.8 Å². The molecular weight excluding hydrogens is 248 g/mol. The van der Waals surface area contributed by atoms with Crippen LogP contribution in [0.2, 0.25) is 0 Å². The van der Waals surface area contributed by atoms with Gasteiger partial charge in [0, 0.05) is 9.75 Å². The molecule has 0 saturated carbocycles. The smallest absolute Gasteiger partial charge is 0.161 e. The minimum absolute atomic E-state index is 0.560. The molecule has 94 valence electrons. The number of aliphatic hydroxyl groups excluding tert-OH is 1. The predicted octanol–water partition coefficient (Wildman–Crippen LogP) is 2.91. The summed E-state index contributed by atoms with van der Waals surface area (Å²) in [5, 5.41) is 10.3. The van der Waals surface area contributed by atoms with E-state index in [4.69, 9.17) is 9.47 Å². The van der Waals surface area contributed by atoms with Gasteiger partial charge in [0.25, 0.3) is 0 Å². The first-order chi connectivity index (χ1) is 8.74. The van der Waals surface area contributed by atoms with E-state index in [2.05, 4.69) is 0 Å². The van der Waals surface area contributed by atoms with Gasteiger partial charge in [-0.15, -0.1) is 11.3 Å². The number of aliphatic hydroxyl groups is 1. The third kappa shape index (κ3) is 2.09. The summed E-state index contributed by atoms with van der Waals surface area (Å²) < 4.78 is 11.0. The van der Waals surface area contributed by atoms with Gasteiger partial charge in [0.2, 0.25) is 0 Å². The molecule has 2 heterocycles. The number of thiophene rings is 1. The summed E-state index contributed by atoms with van der Waals surface area (Å²) in [6.45, 7) is 3.17. The van der Waals surface area contributed by atoms with Crippen molar-refractivity contribution in [3.05, 3.63) is 45.6 Å². The number of hydrogen-bond acceptors (Lipinski definition) is 4. The van der Waals surface area contributed by atoms with Gasteiger partial charge in [0.05, 0.1) is 0 Å². The van der Waals surface area contributed by atoms with E-state index in [1.165, 1.54) is 4.88 Å². The number of fused-ring (bicyclic) bond motifs is 1. The summed E-state index contributed by atoms with van der Waals surface area (Å²) >= 11 is 1.61. The van der Waals surface area contributed by atoms with Gasteiger partial charge >= 0.3 is 0 Å². The highest BCUT2D eigenvalue weighted by Gasteiger charge is 2.17. The molecule has 18 heavy (non-hydrogen) atoms. The Morgan fingerprint density at radius 2 is 1.89 bits per heavy atom. The molecule has 1 aromatic carbocycles. The molecule has 1 aliphatic rings. The fourth-order valence-corrected chi connectivity index (χ4v) is 2.89. The first-order valence-electron chi connectivity index (χ1n) is 5.88. The molecule has 0 saturated heterocycles. The molecule has 2 aromatic rings. The van der Waals surface area contributed by atoms with E-state index >= 15 is 0 Å². The molecule has 0 bridgehead atoms. The van der Waals surface area contributed by atoms with Gasteiger partial charge < -0.3 is 14.6 Å². The molecule has 1 N–H and O–H groups in total. The molecule has 1 aliphatic heterocycles. The summed E-state index contributed by atoms with van der Waals surface area (Å²) in [5.41, 5.74) is 0.834. The Labute approximate surface area is 110 Å². The molecule has 1 atom stereocenters. The Morgan fingerprint density at radius 1 is 1.11 bits per heavy atom. The number of rotatable bonds is 2. The molecule has 0 unspecified atom stereocenters. The molecule has 4 heteroatoms. The Hall–Kier alpha value is -1.52. The normalized spacial score (nSPS) is 15.4. The fraction of sp³-hybridized carbons (Fsp3) is 0.286. The van der Waals surface area contributed by atoms with Gasteiger partial charge in [-0.3, -0.25) is 0 Å². The Bertz CT molecular complexity index is 562. The van der Waals surface area contributed by atoms with Crippen LogP contribution in [0.3, 0.4) is 0 Å². The van der Waals surface area contributed by atoms with Crippen molar-refractivity contribution in [3.63, 3.8) is 0 Å². The minimum Gasteiger partial charge on any atom is -0.486 e. The summed E-state index contributed by atoms with van der Waals surface area (Å²) in [5.74, 6) is 1.46. The predicted molar refractivity (Wildman–Crippen MR) is 70.5 cm³/mol. The molecule has 0 radical (unpaired) electrons. The van der Waals surface area contributed by atoms with Crippen LogP contribution in [0.1, 0.15) is 21.4 Å². The van der Waals surface area contributed by atoms with Crippen molar-refractivity contribution in [3.8, 4) is 11.5 Å². The van der Waals surface area contributed by atoms with Crippen LogP contribution in [0.4, 0.5) is 0 Å². The van der Waals surface area contributed by atoms with E-state index in [0.29, 0.717) is 19.0 Å². The average molecular weight is 262 g/mol. The molecule has 3 rings (SSSR count). The van der Waals surface area contributed by atoms with Gasteiger partial charge in [-0.2, -0.15) is 0 Å². The molecule has 3 nitrogen and oxygen atoms in total. The second kappa shape index (κ2) is 4.63. The van der Waals surface area contributed by atoms with Crippen molar-refractivity contribution >= 4 is 11.3 Å². The van der Waals surface area contributed by atoms with Crippen LogP contribution >= 0.6 is 11.3 Å². The highest BCUT2D eigenvalue weighted by molar-refractivity contribution is 7.12. The molecule has 0 amide bonds. The number of aryl methyl sites for hydroxylation is 1. The van der Waals surface area contributed by atoms with E-state index in [1.54, 1.807) is 11.3 Å². The Kier molecular flexibility index (Phi) is 2.97. The highest BCUT2D eigenvalue weighted by atomic mass is 32.1. The fourth-order valence-electron chi connectivity index (χ4n) is 1.99. The Morgan fingerprint density at radius 3 is 2.61 bits per heavy atom. The third-order valence-electron chi connectivity index (χ3n) is 2.91. The van der Waals surface area contributed by atoms with Crippen molar-refractivity contribution in [2.75, 3.05) is 13.2 Å². The van der Waals surface area contributed by atoms with Gasteiger partial charge in [-0.25, -0.2) is 0 Å². The number of benzene rings is 1. The zero-order valence-electron chi connectivity index (χ0n) is 10.1.